The third-order valence-electron chi connectivity index (χ3n) is 2.89. The van der Waals surface area contributed by atoms with Gasteiger partial charge in [0.15, 0.2) is 0 Å². The van der Waals surface area contributed by atoms with E-state index in [4.69, 9.17) is 34.0 Å². The zero-order chi connectivity index (χ0) is 13.9. The number of nitrogens with two attached hydrogens (primary N) is 1. The second-order valence-corrected chi connectivity index (χ2v) is 6.24. The van der Waals surface area contributed by atoms with E-state index in [0.717, 1.165) is 5.69 Å². The Morgan fingerprint density at radius 3 is 2.33 bits per heavy atom. The SMILES string of the molecule is CC(C)(C)C(CCO)Nc1cc(Cl)c(Cl)cc1N. The largest absolute Gasteiger partial charge is 0.397 e. The first-order valence-corrected chi connectivity index (χ1v) is 6.63. The fourth-order valence-electron chi connectivity index (χ4n) is 1.73. The number of anilines is 2. The summed E-state index contributed by atoms with van der Waals surface area (Å²) in [6, 6.07) is 3.45. The zero-order valence-corrected chi connectivity index (χ0v) is 12.4. The highest BCUT2D eigenvalue weighted by Gasteiger charge is 2.24. The summed E-state index contributed by atoms with van der Waals surface area (Å²) in [4.78, 5) is 0. The molecule has 0 saturated carbocycles. The van der Waals surface area contributed by atoms with E-state index in [1.807, 2.05) is 0 Å². The molecule has 0 aliphatic heterocycles. The van der Waals surface area contributed by atoms with Crippen LogP contribution < -0.4 is 11.1 Å². The monoisotopic (exact) mass is 290 g/mol. The fraction of sp³-hybridized carbons (Fsp3) is 0.538. The maximum absolute atomic E-state index is 9.13. The van der Waals surface area contributed by atoms with Gasteiger partial charge in [0, 0.05) is 12.6 Å². The molecule has 1 unspecified atom stereocenters. The molecule has 0 aromatic heterocycles. The molecule has 1 rings (SSSR count). The van der Waals surface area contributed by atoms with E-state index < -0.39 is 0 Å². The van der Waals surface area contributed by atoms with E-state index in [1.54, 1.807) is 12.1 Å². The topological polar surface area (TPSA) is 58.3 Å². The maximum atomic E-state index is 9.13. The summed E-state index contributed by atoms with van der Waals surface area (Å²) in [6.07, 6.45) is 0.642. The number of aliphatic hydroxyl groups excluding tert-OH is 1. The minimum Gasteiger partial charge on any atom is -0.397 e. The molecule has 1 aromatic carbocycles. The number of halogens is 2. The lowest BCUT2D eigenvalue weighted by Crippen LogP contribution is -2.35. The van der Waals surface area contributed by atoms with Gasteiger partial charge < -0.3 is 16.2 Å². The molecular weight excluding hydrogens is 271 g/mol. The van der Waals surface area contributed by atoms with Gasteiger partial charge in [-0.3, -0.25) is 0 Å². The van der Waals surface area contributed by atoms with Crippen LogP contribution in [-0.2, 0) is 0 Å². The van der Waals surface area contributed by atoms with Crippen LogP contribution in [0.3, 0.4) is 0 Å². The van der Waals surface area contributed by atoms with Crippen LogP contribution in [-0.4, -0.2) is 17.8 Å². The summed E-state index contributed by atoms with van der Waals surface area (Å²) in [5, 5.41) is 13.4. The van der Waals surface area contributed by atoms with Crippen molar-refractivity contribution in [3.63, 3.8) is 0 Å². The predicted molar refractivity (Wildman–Crippen MR) is 79.4 cm³/mol. The summed E-state index contributed by atoms with van der Waals surface area (Å²) in [7, 11) is 0. The molecule has 0 amide bonds. The molecule has 0 radical (unpaired) electrons. The number of hydrogen-bond donors (Lipinski definition) is 3. The van der Waals surface area contributed by atoms with Gasteiger partial charge in [-0.1, -0.05) is 44.0 Å². The molecule has 1 atom stereocenters. The van der Waals surface area contributed by atoms with Crippen LogP contribution in [0.1, 0.15) is 27.2 Å². The van der Waals surface area contributed by atoms with E-state index >= 15 is 0 Å². The Labute approximate surface area is 118 Å². The fourth-order valence-corrected chi connectivity index (χ4v) is 2.06. The van der Waals surface area contributed by atoms with Crippen molar-refractivity contribution in [2.24, 2.45) is 5.41 Å². The summed E-state index contributed by atoms with van der Waals surface area (Å²) >= 11 is 11.9. The number of aliphatic hydroxyl groups is 1. The quantitative estimate of drug-likeness (QED) is 0.740. The summed E-state index contributed by atoms with van der Waals surface area (Å²) in [5.41, 5.74) is 7.21. The summed E-state index contributed by atoms with van der Waals surface area (Å²) < 4.78 is 0. The molecule has 0 bridgehead atoms. The average molecular weight is 291 g/mol. The molecule has 5 heteroatoms. The Bertz CT molecular complexity index is 416. The summed E-state index contributed by atoms with van der Waals surface area (Å²) in [5.74, 6) is 0. The zero-order valence-electron chi connectivity index (χ0n) is 10.9. The van der Waals surface area contributed by atoms with Crippen molar-refractivity contribution in [2.45, 2.75) is 33.2 Å². The first-order chi connectivity index (χ1) is 8.25. The normalized spacial score (nSPS) is 13.4. The van der Waals surface area contributed by atoms with E-state index in [2.05, 4.69) is 26.1 Å². The van der Waals surface area contributed by atoms with E-state index in [9.17, 15) is 0 Å². The van der Waals surface area contributed by atoms with Gasteiger partial charge in [0.2, 0.25) is 0 Å². The van der Waals surface area contributed by atoms with Crippen molar-refractivity contribution in [3.8, 4) is 0 Å². The van der Waals surface area contributed by atoms with Crippen molar-refractivity contribution >= 4 is 34.6 Å². The van der Waals surface area contributed by atoms with Crippen molar-refractivity contribution in [1.29, 1.82) is 0 Å². The summed E-state index contributed by atoms with van der Waals surface area (Å²) in [6.45, 7) is 6.44. The second kappa shape index (κ2) is 6.00. The Balaban J connectivity index is 2.97. The van der Waals surface area contributed by atoms with E-state index in [1.165, 1.54) is 0 Å². The molecule has 0 heterocycles. The highest BCUT2D eigenvalue weighted by Crippen LogP contribution is 2.33. The van der Waals surface area contributed by atoms with Crippen LogP contribution in [0.5, 0.6) is 0 Å². The van der Waals surface area contributed by atoms with Crippen molar-refractivity contribution in [3.05, 3.63) is 22.2 Å². The van der Waals surface area contributed by atoms with Gasteiger partial charge in [-0.25, -0.2) is 0 Å². The molecule has 0 aliphatic carbocycles. The first-order valence-electron chi connectivity index (χ1n) is 5.87. The number of benzene rings is 1. The molecule has 0 aliphatic rings. The number of nitrogen functional groups attached to an aromatic ring is 1. The third kappa shape index (κ3) is 3.94. The van der Waals surface area contributed by atoms with E-state index in [0.29, 0.717) is 22.2 Å². The molecule has 4 N–H and O–H groups in total. The average Bonchev–Trinajstić information content (AvgIpc) is 2.23. The minimum absolute atomic E-state index is 0.00127. The third-order valence-corrected chi connectivity index (χ3v) is 3.61. The molecule has 1 aromatic rings. The highest BCUT2D eigenvalue weighted by molar-refractivity contribution is 6.42. The van der Waals surface area contributed by atoms with Crippen LogP contribution in [0.25, 0.3) is 0 Å². The molecule has 3 nitrogen and oxygen atoms in total. The van der Waals surface area contributed by atoms with Crippen molar-refractivity contribution < 1.29 is 5.11 Å². The number of hydrogen-bond acceptors (Lipinski definition) is 3. The highest BCUT2D eigenvalue weighted by atomic mass is 35.5. The molecule has 102 valence electrons. The minimum atomic E-state index is 0.00127. The van der Waals surface area contributed by atoms with Crippen molar-refractivity contribution in [1.82, 2.24) is 0 Å². The van der Waals surface area contributed by atoms with Gasteiger partial charge in [-0.15, -0.1) is 0 Å². The van der Waals surface area contributed by atoms with E-state index in [-0.39, 0.29) is 18.1 Å². The van der Waals surface area contributed by atoms with Crippen LogP contribution in [0.4, 0.5) is 11.4 Å². The Morgan fingerprint density at radius 2 is 1.83 bits per heavy atom. The number of nitrogens with one attached hydrogen (secondary N) is 1. The molecule has 0 saturated heterocycles. The Hall–Kier alpha value is -0.640. The van der Waals surface area contributed by atoms with Gasteiger partial charge in [0.05, 0.1) is 21.4 Å². The number of rotatable bonds is 4. The lowest BCUT2D eigenvalue weighted by Gasteiger charge is -2.32. The lowest BCUT2D eigenvalue weighted by molar-refractivity contribution is 0.235. The first kappa shape index (κ1) is 15.4. The van der Waals surface area contributed by atoms with Gasteiger partial charge >= 0.3 is 0 Å². The second-order valence-electron chi connectivity index (χ2n) is 5.43. The molecule has 0 fully saturated rings. The van der Waals surface area contributed by atoms with Gasteiger partial charge in [-0.2, -0.15) is 0 Å². The predicted octanol–water partition coefficient (Wildman–Crippen LogP) is 3.78. The Kier molecular flexibility index (Phi) is 5.14. The smallest absolute Gasteiger partial charge is 0.0614 e. The van der Waals surface area contributed by atoms with Gasteiger partial charge in [0.25, 0.3) is 0 Å². The molecule has 0 spiro atoms. The van der Waals surface area contributed by atoms with Gasteiger partial charge in [0.1, 0.15) is 0 Å². The van der Waals surface area contributed by atoms with Crippen LogP contribution in [0.2, 0.25) is 10.0 Å². The Morgan fingerprint density at radius 1 is 1.28 bits per heavy atom. The standard InChI is InChI=1S/C13H20Cl2N2O/c1-13(2,3)12(4-5-18)17-11-7-9(15)8(14)6-10(11)16/h6-7,12,17-18H,4-5,16H2,1-3H3. The van der Waals surface area contributed by atoms with Gasteiger partial charge in [-0.05, 0) is 24.0 Å². The van der Waals surface area contributed by atoms with Crippen LogP contribution in [0, 0.1) is 5.41 Å². The maximum Gasteiger partial charge on any atom is 0.0614 e. The van der Waals surface area contributed by atoms with Crippen LogP contribution in [0.15, 0.2) is 12.1 Å². The van der Waals surface area contributed by atoms with Crippen LogP contribution >= 0.6 is 23.2 Å². The molecule has 18 heavy (non-hydrogen) atoms. The molecular formula is C13H20Cl2N2O. The lowest BCUT2D eigenvalue weighted by atomic mass is 9.84. The van der Waals surface area contributed by atoms with Crippen molar-refractivity contribution in [2.75, 3.05) is 17.7 Å².